The molecule has 0 radical (unpaired) electrons. The summed E-state index contributed by atoms with van der Waals surface area (Å²) in [7, 11) is 1.66. The van der Waals surface area contributed by atoms with Crippen molar-refractivity contribution >= 4 is 5.97 Å². The van der Waals surface area contributed by atoms with Crippen molar-refractivity contribution in [1.82, 2.24) is 0 Å². The lowest BCUT2D eigenvalue weighted by molar-refractivity contribution is 0.0697. The first kappa shape index (κ1) is 12.3. The quantitative estimate of drug-likeness (QED) is 0.895. The molecule has 0 amide bonds. The summed E-state index contributed by atoms with van der Waals surface area (Å²) < 4.78 is 5.09. The summed E-state index contributed by atoms with van der Waals surface area (Å²) in [4.78, 5) is 10.8. The Bertz CT molecular complexity index is 544. The van der Waals surface area contributed by atoms with Gasteiger partial charge in [0.15, 0.2) is 0 Å². The first-order valence-electron chi connectivity index (χ1n) is 5.62. The van der Waals surface area contributed by atoms with Crippen molar-refractivity contribution in [2.75, 3.05) is 7.11 Å². The highest BCUT2D eigenvalue weighted by Gasteiger charge is 2.03. The zero-order valence-corrected chi connectivity index (χ0v) is 10.1. The maximum atomic E-state index is 10.8. The molecule has 18 heavy (non-hydrogen) atoms. The van der Waals surface area contributed by atoms with E-state index >= 15 is 0 Å². The van der Waals surface area contributed by atoms with Crippen molar-refractivity contribution in [3.05, 3.63) is 59.7 Å². The van der Waals surface area contributed by atoms with Crippen molar-refractivity contribution in [3.63, 3.8) is 0 Å². The summed E-state index contributed by atoms with van der Waals surface area (Å²) in [5.41, 5.74) is 3.45. The second-order valence-electron chi connectivity index (χ2n) is 4.02. The Morgan fingerprint density at radius 3 is 2.44 bits per heavy atom. The highest BCUT2D eigenvalue weighted by Crippen LogP contribution is 2.21. The average molecular weight is 242 g/mol. The maximum Gasteiger partial charge on any atom is 0.335 e. The largest absolute Gasteiger partial charge is 0.478 e. The predicted octanol–water partition coefficient (Wildman–Crippen LogP) is 3.20. The number of carbonyl (C=O) groups is 1. The molecule has 0 heterocycles. The van der Waals surface area contributed by atoms with Crippen LogP contribution in [0.25, 0.3) is 11.1 Å². The van der Waals surface area contributed by atoms with Crippen LogP contribution in [0.3, 0.4) is 0 Å². The Balaban J connectivity index is 2.30. The second kappa shape index (κ2) is 5.47. The first-order chi connectivity index (χ1) is 8.70. The predicted molar refractivity (Wildman–Crippen MR) is 69.6 cm³/mol. The van der Waals surface area contributed by atoms with Crippen molar-refractivity contribution in [1.29, 1.82) is 0 Å². The Kier molecular flexibility index (Phi) is 3.75. The van der Waals surface area contributed by atoms with Gasteiger partial charge in [-0.15, -0.1) is 0 Å². The average Bonchev–Trinajstić information content (AvgIpc) is 2.39. The van der Waals surface area contributed by atoms with E-state index in [1.165, 1.54) is 0 Å². The Labute approximate surface area is 106 Å². The molecule has 0 atom stereocenters. The topological polar surface area (TPSA) is 46.5 Å². The van der Waals surface area contributed by atoms with E-state index in [1.807, 2.05) is 36.4 Å². The summed E-state index contributed by atoms with van der Waals surface area (Å²) in [6.07, 6.45) is 0. The van der Waals surface area contributed by atoms with Crippen LogP contribution in [0.15, 0.2) is 48.5 Å². The van der Waals surface area contributed by atoms with Crippen LogP contribution in [0.2, 0.25) is 0 Å². The minimum atomic E-state index is -0.908. The standard InChI is InChI=1S/C15H14O3/c1-18-10-11-3-2-4-14(9-11)12-5-7-13(8-6-12)15(16)17/h2-9H,10H2,1H3,(H,16,17). The summed E-state index contributed by atoms with van der Waals surface area (Å²) in [6.45, 7) is 0.570. The van der Waals surface area contributed by atoms with Crippen LogP contribution >= 0.6 is 0 Å². The minimum Gasteiger partial charge on any atom is -0.478 e. The third-order valence-electron chi connectivity index (χ3n) is 2.70. The van der Waals surface area contributed by atoms with Gasteiger partial charge in [0, 0.05) is 7.11 Å². The van der Waals surface area contributed by atoms with Gasteiger partial charge < -0.3 is 9.84 Å². The minimum absolute atomic E-state index is 0.298. The molecule has 0 saturated heterocycles. The van der Waals surface area contributed by atoms with Gasteiger partial charge in [-0.1, -0.05) is 30.3 Å². The van der Waals surface area contributed by atoms with Gasteiger partial charge in [-0.2, -0.15) is 0 Å². The summed E-state index contributed by atoms with van der Waals surface area (Å²) in [6, 6.07) is 14.9. The van der Waals surface area contributed by atoms with Crippen LogP contribution in [0.5, 0.6) is 0 Å². The number of aromatic carboxylic acids is 1. The van der Waals surface area contributed by atoms with Crippen LogP contribution in [0, 0.1) is 0 Å². The molecule has 0 bridgehead atoms. The third kappa shape index (κ3) is 2.76. The monoisotopic (exact) mass is 242 g/mol. The molecule has 2 aromatic rings. The molecule has 0 unspecified atom stereocenters. The van der Waals surface area contributed by atoms with E-state index in [2.05, 4.69) is 0 Å². The zero-order chi connectivity index (χ0) is 13.0. The number of carboxylic acid groups (broad SMARTS) is 1. The molecular formula is C15H14O3. The smallest absolute Gasteiger partial charge is 0.335 e. The fraction of sp³-hybridized carbons (Fsp3) is 0.133. The lowest BCUT2D eigenvalue weighted by Crippen LogP contribution is -1.95. The van der Waals surface area contributed by atoms with Gasteiger partial charge in [0.1, 0.15) is 0 Å². The number of hydrogen-bond donors (Lipinski definition) is 1. The van der Waals surface area contributed by atoms with Crippen LogP contribution < -0.4 is 0 Å². The number of ether oxygens (including phenoxy) is 1. The number of carboxylic acids is 1. The molecule has 0 aliphatic heterocycles. The van der Waals surface area contributed by atoms with Gasteiger partial charge in [-0.25, -0.2) is 4.79 Å². The number of rotatable bonds is 4. The SMILES string of the molecule is COCc1cccc(-c2ccc(C(=O)O)cc2)c1. The van der Waals surface area contributed by atoms with Gasteiger partial charge in [-0.05, 0) is 34.9 Å². The van der Waals surface area contributed by atoms with Gasteiger partial charge in [0.2, 0.25) is 0 Å². The van der Waals surface area contributed by atoms with Crippen molar-refractivity contribution in [2.24, 2.45) is 0 Å². The molecule has 0 aromatic heterocycles. The molecule has 0 aliphatic carbocycles. The third-order valence-corrected chi connectivity index (χ3v) is 2.70. The molecule has 92 valence electrons. The number of hydrogen-bond acceptors (Lipinski definition) is 2. The van der Waals surface area contributed by atoms with E-state index in [4.69, 9.17) is 9.84 Å². The highest BCUT2D eigenvalue weighted by atomic mass is 16.5. The lowest BCUT2D eigenvalue weighted by atomic mass is 10.0. The Hall–Kier alpha value is -2.13. The molecule has 0 spiro atoms. The van der Waals surface area contributed by atoms with Crippen LogP contribution in [0.4, 0.5) is 0 Å². The van der Waals surface area contributed by atoms with Crippen molar-refractivity contribution in [2.45, 2.75) is 6.61 Å². The van der Waals surface area contributed by atoms with E-state index in [0.717, 1.165) is 16.7 Å². The number of methoxy groups -OCH3 is 1. The molecule has 0 saturated carbocycles. The Morgan fingerprint density at radius 1 is 1.11 bits per heavy atom. The molecule has 1 N–H and O–H groups in total. The van der Waals surface area contributed by atoms with Crippen molar-refractivity contribution < 1.29 is 14.6 Å². The van der Waals surface area contributed by atoms with E-state index in [0.29, 0.717) is 12.2 Å². The molecule has 3 heteroatoms. The summed E-state index contributed by atoms with van der Waals surface area (Å²) >= 11 is 0. The maximum absolute atomic E-state index is 10.8. The Morgan fingerprint density at radius 2 is 1.83 bits per heavy atom. The van der Waals surface area contributed by atoms with E-state index in [-0.39, 0.29) is 0 Å². The fourth-order valence-electron chi connectivity index (χ4n) is 1.81. The van der Waals surface area contributed by atoms with Gasteiger partial charge in [-0.3, -0.25) is 0 Å². The molecule has 3 nitrogen and oxygen atoms in total. The molecule has 0 fully saturated rings. The number of benzene rings is 2. The molecule has 0 aliphatic rings. The fourth-order valence-corrected chi connectivity index (χ4v) is 1.81. The summed E-state index contributed by atoms with van der Waals surface area (Å²) in [5, 5.41) is 8.84. The summed E-state index contributed by atoms with van der Waals surface area (Å²) in [5.74, 6) is -0.908. The second-order valence-corrected chi connectivity index (χ2v) is 4.02. The normalized spacial score (nSPS) is 10.3. The molecule has 2 aromatic carbocycles. The zero-order valence-electron chi connectivity index (χ0n) is 10.1. The molecule has 2 rings (SSSR count). The highest BCUT2D eigenvalue weighted by molar-refractivity contribution is 5.88. The lowest BCUT2D eigenvalue weighted by Gasteiger charge is -2.05. The van der Waals surface area contributed by atoms with Crippen molar-refractivity contribution in [3.8, 4) is 11.1 Å². The van der Waals surface area contributed by atoms with Gasteiger partial charge in [0.05, 0.1) is 12.2 Å². The van der Waals surface area contributed by atoms with Crippen LogP contribution in [-0.2, 0) is 11.3 Å². The van der Waals surface area contributed by atoms with Gasteiger partial charge >= 0.3 is 5.97 Å². The van der Waals surface area contributed by atoms with Crippen LogP contribution in [-0.4, -0.2) is 18.2 Å². The van der Waals surface area contributed by atoms with E-state index in [9.17, 15) is 4.79 Å². The first-order valence-corrected chi connectivity index (χ1v) is 5.62. The van der Waals surface area contributed by atoms with E-state index in [1.54, 1.807) is 19.2 Å². The van der Waals surface area contributed by atoms with E-state index < -0.39 is 5.97 Å². The van der Waals surface area contributed by atoms with Gasteiger partial charge in [0.25, 0.3) is 0 Å². The van der Waals surface area contributed by atoms with Crippen LogP contribution in [0.1, 0.15) is 15.9 Å². The molecular weight excluding hydrogens is 228 g/mol.